The van der Waals surface area contributed by atoms with Crippen molar-refractivity contribution < 1.29 is 9.90 Å². The lowest BCUT2D eigenvalue weighted by Crippen LogP contribution is -2.48. The predicted molar refractivity (Wildman–Crippen MR) is 123 cm³/mol. The van der Waals surface area contributed by atoms with Crippen LogP contribution in [0.1, 0.15) is 42.1 Å². The lowest BCUT2D eigenvalue weighted by Gasteiger charge is -2.43. The number of benzene rings is 2. The second-order valence-electron chi connectivity index (χ2n) is 8.91. The van der Waals surface area contributed by atoms with E-state index >= 15 is 0 Å². The number of aromatic amines is 1. The Morgan fingerprint density at radius 3 is 2.38 bits per heavy atom. The van der Waals surface area contributed by atoms with Crippen LogP contribution in [0.3, 0.4) is 0 Å². The standard InChI is InChI=1S/C26H25N3O3/c1-15-20-19(22-24(27-15)28-29(25(22)31)18-12-8-5-9-13-18)14-26(3,32)23(16(2)30)21(20)17-10-6-4-7-11-17/h4-13,21,23,32H,14H2,1-3H3,(H,27,28). The second kappa shape index (κ2) is 7.28. The second-order valence-corrected chi connectivity index (χ2v) is 8.91. The summed E-state index contributed by atoms with van der Waals surface area (Å²) in [5.41, 5.74) is 3.00. The van der Waals surface area contributed by atoms with Crippen molar-refractivity contribution in [2.45, 2.75) is 38.7 Å². The largest absolute Gasteiger partial charge is 0.389 e. The molecule has 0 amide bonds. The van der Waals surface area contributed by atoms with E-state index < -0.39 is 11.5 Å². The van der Waals surface area contributed by atoms with Crippen LogP contribution in [0.4, 0.5) is 0 Å². The number of carbonyl (C=O) groups excluding carboxylic acids is 1. The number of pyridine rings is 1. The topological polar surface area (TPSA) is 88.0 Å². The number of aryl methyl sites for hydroxylation is 1. The highest BCUT2D eigenvalue weighted by Crippen LogP contribution is 2.48. The Morgan fingerprint density at radius 2 is 1.75 bits per heavy atom. The first-order valence-electron chi connectivity index (χ1n) is 10.8. The third-order valence-electron chi connectivity index (χ3n) is 6.63. The van der Waals surface area contributed by atoms with Crippen LogP contribution in [0.2, 0.25) is 0 Å². The number of aliphatic hydroxyl groups is 1. The van der Waals surface area contributed by atoms with Gasteiger partial charge in [-0.1, -0.05) is 48.5 Å². The van der Waals surface area contributed by atoms with Gasteiger partial charge in [-0.05, 0) is 49.6 Å². The minimum atomic E-state index is -1.30. The molecule has 1 aliphatic carbocycles. The van der Waals surface area contributed by atoms with Crippen LogP contribution in [0.15, 0.2) is 65.5 Å². The van der Waals surface area contributed by atoms with Gasteiger partial charge in [0.05, 0.1) is 22.6 Å². The Balaban J connectivity index is 1.85. The molecule has 1 aliphatic rings. The van der Waals surface area contributed by atoms with E-state index in [0.29, 0.717) is 16.7 Å². The molecule has 2 N–H and O–H groups in total. The van der Waals surface area contributed by atoms with Crippen LogP contribution in [0.5, 0.6) is 0 Å². The van der Waals surface area contributed by atoms with Crippen LogP contribution in [0, 0.1) is 12.8 Å². The van der Waals surface area contributed by atoms with Gasteiger partial charge in [-0.15, -0.1) is 0 Å². The van der Waals surface area contributed by atoms with Gasteiger partial charge in [0, 0.05) is 18.0 Å². The Bertz CT molecular complexity index is 1380. The minimum Gasteiger partial charge on any atom is -0.389 e. The average Bonchev–Trinajstić information content (AvgIpc) is 3.09. The number of rotatable bonds is 3. The molecule has 6 nitrogen and oxygen atoms in total. The third kappa shape index (κ3) is 3.02. The molecule has 162 valence electrons. The first-order valence-corrected chi connectivity index (χ1v) is 10.8. The number of carbonyl (C=O) groups is 1. The molecule has 0 fully saturated rings. The Morgan fingerprint density at radius 1 is 1.12 bits per heavy atom. The molecule has 2 aromatic carbocycles. The molecular weight excluding hydrogens is 402 g/mol. The summed E-state index contributed by atoms with van der Waals surface area (Å²) in [7, 11) is 0. The van der Waals surface area contributed by atoms with E-state index in [2.05, 4.69) is 5.10 Å². The van der Waals surface area contributed by atoms with Crippen molar-refractivity contribution in [1.82, 2.24) is 14.8 Å². The summed E-state index contributed by atoms with van der Waals surface area (Å²) in [5, 5.41) is 15.1. The van der Waals surface area contributed by atoms with Crippen LogP contribution in [-0.2, 0) is 11.2 Å². The number of fused-ring (bicyclic) bond motifs is 3. The van der Waals surface area contributed by atoms with E-state index in [-0.39, 0.29) is 23.7 Å². The molecule has 3 atom stereocenters. The van der Waals surface area contributed by atoms with E-state index in [1.807, 2.05) is 67.6 Å². The number of hydrogen-bond donors (Lipinski definition) is 2. The van der Waals surface area contributed by atoms with Crippen molar-refractivity contribution in [2.24, 2.45) is 5.92 Å². The molecule has 0 saturated carbocycles. The van der Waals surface area contributed by atoms with Crippen LogP contribution in [-0.4, -0.2) is 31.3 Å². The number of nitrogens with zero attached hydrogens (tertiary/aromatic N) is 2. The van der Waals surface area contributed by atoms with Crippen molar-refractivity contribution >= 4 is 16.8 Å². The summed E-state index contributed by atoms with van der Waals surface area (Å²) in [6.45, 7) is 5.13. The first kappa shape index (κ1) is 20.4. The molecule has 0 radical (unpaired) electrons. The van der Waals surface area contributed by atoms with Crippen molar-refractivity contribution in [3.05, 3.63) is 93.4 Å². The van der Waals surface area contributed by atoms with Gasteiger partial charge in [0.15, 0.2) is 5.65 Å². The fourth-order valence-electron chi connectivity index (χ4n) is 5.40. The average molecular weight is 428 g/mol. The molecule has 6 heteroatoms. The smallest absolute Gasteiger partial charge is 0.281 e. The van der Waals surface area contributed by atoms with Crippen molar-refractivity contribution in [2.75, 3.05) is 0 Å². The van der Waals surface area contributed by atoms with Crippen molar-refractivity contribution in [3.8, 4) is 5.69 Å². The summed E-state index contributed by atoms with van der Waals surface area (Å²) in [6, 6.07) is 19.0. The molecule has 0 bridgehead atoms. The molecular formula is C26H25N3O3. The van der Waals surface area contributed by atoms with Crippen molar-refractivity contribution in [3.63, 3.8) is 0 Å². The first-order chi connectivity index (χ1) is 15.3. The molecule has 5 rings (SSSR count). The lowest BCUT2D eigenvalue weighted by atomic mass is 9.63. The van der Waals surface area contributed by atoms with E-state index in [4.69, 9.17) is 4.98 Å². The third-order valence-corrected chi connectivity index (χ3v) is 6.63. The molecule has 2 aromatic heterocycles. The fraction of sp³-hybridized carbons (Fsp3) is 0.269. The van der Waals surface area contributed by atoms with E-state index in [9.17, 15) is 14.7 Å². The summed E-state index contributed by atoms with van der Waals surface area (Å²) < 4.78 is 1.49. The van der Waals surface area contributed by atoms with Crippen LogP contribution in [0.25, 0.3) is 16.7 Å². The zero-order valence-corrected chi connectivity index (χ0v) is 18.3. The number of hydrogen-bond acceptors (Lipinski definition) is 4. The van der Waals surface area contributed by atoms with E-state index in [1.54, 1.807) is 6.92 Å². The quantitative estimate of drug-likeness (QED) is 0.522. The monoisotopic (exact) mass is 427 g/mol. The zero-order valence-electron chi connectivity index (χ0n) is 18.3. The normalized spacial score (nSPS) is 22.6. The van der Waals surface area contributed by atoms with E-state index in [0.717, 1.165) is 22.4 Å². The highest BCUT2D eigenvalue weighted by atomic mass is 16.3. The molecule has 2 heterocycles. The predicted octanol–water partition coefficient (Wildman–Crippen LogP) is 3.67. The van der Waals surface area contributed by atoms with Gasteiger partial charge >= 0.3 is 0 Å². The summed E-state index contributed by atoms with van der Waals surface area (Å²) in [5.74, 6) is -1.10. The number of ketones is 1. The Kier molecular flexibility index (Phi) is 4.64. The molecule has 3 unspecified atom stereocenters. The highest BCUT2D eigenvalue weighted by molar-refractivity contribution is 5.86. The van der Waals surface area contributed by atoms with Gasteiger partial charge in [-0.2, -0.15) is 0 Å². The molecule has 32 heavy (non-hydrogen) atoms. The van der Waals surface area contributed by atoms with Gasteiger partial charge in [-0.3, -0.25) is 14.7 Å². The van der Waals surface area contributed by atoms with Gasteiger partial charge in [0.2, 0.25) is 0 Å². The lowest BCUT2D eigenvalue weighted by molar-refractivity contribution is -0.130. The fourth-order valence-corrected chi connectivity index (χ4v) is 5.40. The maximum Gasteiger partial charge on any atom is 0.281 e. The molecule has 0 aliphatic heterocycles. The highest BCUT2D eigenvalue weighted by Gasteiger charge is 2.48. The maximum absolute atomic E-state index is 13.5. The SMILES string of the molecule is CC(=O)C1C(c2ccccc2)c2c(C)nc3[nH]n(-c4ccccc4)c(=O)c3c2CC1(C)O. The summed E-state index contributed by atoms with van der Waals surface area (Å²) in [6.07, 6.45) is 0.206. The van der Waals surface area contributed by atoms with E-state index in [1.165, 1.54) is 11.6 Å². The number of H-pyrrole nitrogens is 1. The van der Waals surface area contributed by atoms with Gasteiger partial charge in [0.1, 0.15) is 5.78 Å². The van der Waals surface area contributed by atoms with Gasteiger partial charge in [0.25, 0.3) is 5.56 Å². The van der Waals surface area contributed by atoms with Gasteiger partial charge in [-0.25, -0.2) is 9.67 Å². The van der Waals surface area contributed by atoms with Crippen molar-refractivity contribution in [1.29, 1.82) is 0 Å². The molecule has 4 aromatic rings. The number of aromatic nitrogens is 3. The maximum atomic E-state index is 13.5. The zero-order chi connectivity index (χ0) is 22.6. The molecule has 0 saturated heterocycles. The number of Topliss-reactive ketones (excluding diaryl/α,β-unsaturated/α-hetero) is 1. The van der Waals surface area contributed by atoms with Crippen LogP contribution >= 0.6 is 0 Å². The molecule has 0 spiro atoms. The number of para-hydroxylation sites is 1. The Hall–Kier alpha value is -3.51. The minimum absolute atomic E-state index is 0.0789. The van der Waals surface area contributed by atoms with Gasteiger partial charge < -0.3 is 5.11 Å². The summed E-state index contributed by atoms with van der Waals surface area (Å²) in [4.78, 5) is 31.1. The number of nitrogens with one attached hydrogen (secondary N) is 1. The van der Waals surface area contributed by atoms with Crippen LogP contribution < -0.4 is 5.56 Å². The summed E-state index contributed by atoms with van der Waals surface area (Å²) >= 11 is 0. The Labute approximate surface area is 185 Å².